The van der Waals surface area contributed by atoms with Gasteiger partial charge >= 0.3 is 0 Å². The predicted octanol–water partition coefficient (Wildman–Crippen LogP) is 2.57. The van der Waals surface area contributed by atoms with Crippen molar-refractivity contribution in [3.8, 4) is 0 Å². The summed E-state index contributed by atoms with van der Waals surface area (Å²) in [6.07, 6.45) is 11.8. The molecule has 0 heterocycles. The number of amides is 1. The van der Waals surface area contributed by atoms with E-state index >= 15 is 0 Å². The van der Waals surface area contributed by atoms with E-state index in [2.05, 4.69) is 20.9 Å². The molecule has 2 aliphatic carbocycles. The lowest BCUT2D eigenvalue weighted by atomic mass is 10.1. The van der Waals surface area contributed by atoms with Crippen molar-refractivity contribution in [3.05, 3.63) is 0 Å². The van der Waals surface area contributed by atoms with Gasteiger partial charge in [-0.05, 0) is 32.1 Å². The number of hydrogen-bond donors (Lipinski definition) is 3. The molecule has 0 spiro atoms. The summed E-state index contributed by atoms with van der Waals surface area (Å²) in [5.41, 5.74) is 0. The third kappa shape index (κ3) is 10.9. The number of aliphatic imine (C=N–C) groups is 1. The Bertz CT molecular complexity index is 395. The minimum atomic E-state index is 0. The maximum absolute atomic E-state index is 11.6. The molecule has 0 saturated heterocycles. The minimum absolute atomic E-state index is 0. The lowest BCUT2D eigenvalue weighted by molar-refractivity contribution is -0.121. The Hall–Kier alpha value is -0.570. The lowest BCUT2D eigenvalue weighted by Crippen LogP contribution is -2.40. The van der Waals surface area contributed by atoms with Crippen LogP contribution in [-0.2, 0) is 9.53 Å². The molecule has 0 radical (unpaired) electrons. The average Bonchev–Trinajstić information content (AvgIpc) is 3.41. The van der Waals surface area contributed by atoms with Crippen molar-refractivity contribution >= 4 is 35.8 Å². The predicted molar refractivity (Wildman–Crippen MR) is 113 cm³/mol. The van der Waals surface area contributed by atoms with Gasteiger partial charge in [0, 0.05) is 32.6 Å². The second-order valence-corrected chi connectivity index (χ2v) is 6.86. The van der Waals surface area contributed by atoms with Crippen LogP contribution in [0.4, 0.5) is 0 Å². The van der Waals surface area contributed by atoms with Crippen molar-refractivity contribution in [1.29, 1.82) is 0 Å². The molecule has 2 fully saturated rings. The van der Waals surface area contributed by atoms with Gasteiger partial charge in [-0.3, -0.25) is 9.79 Å². The van der Waals surface area contributed by atoms with Gasteiger partial charge in [0.25, 0.3) is 0 Å². The highest BCUT2D eigenvalue weighted by Gasteiger charge is 2.22. The standard InChI is InChI=1S/C18H34N4O2.HI/c1-19-18(20-12-6-9-17(23)22-15-10-11-15)21-13-14-24-16-7-4-2-3-5-8-16;/h15-16H,2-14H2,1H3,(H,22,23)(H2,19,20,21);1H. The molecule has 0 aromatic carbocycles. The van der Waals surface area contributed by atoms with E-state index in [-0.39, 0.29) is 29.9 Å². The molecule has 2 aliphatic rings. The molecule has 2 rings (SSSR count). The highest BCUT2D eigenvalue weighted by molar-refractivity contribution is 14.0. The zero-order valence-corrected chi connectivity index (χ0v) is 17.8. The van der Waals surface area contributed by atoms with Crippen molar-refractivity contribution in [2.24, 2.45) is 4.99 Å². The number of carbonyl (C=O) groups is 1. The molecule has 0 aromatic heterocycles. The Balaban J connectivity index is 0.00000312. The van der Waals surface area contributed by atoms with E-state index < -0.39 is 0 Å². The molecular weight excluding hydrogens is 431 g/mol. The number of nitrogens with zero attached hydrogens (tertiary/aromatic N) is 1. The fraction of sp³-hybridized carbons (Fsp3) is 0.889. The number of carbonyl (C=O) groups excluding carboxylic acids is 1. The van der Waals surface area contributed by atoms with E-state index in [0.717, 1.165) is 44.9 Å². The summed E-state index contributed by atoms with van der Waals surface area (Å²) >= 11 is 0. The Morgan fingerprint density at radius 3 is 2.36 bits per heavy atom. The molecule has 1 amide bonds. The van der Waals surface area contributed by atoms with Crippen molar-refractivity contribution in [1.82, 2.24) is 16.0 Å². The largest absolute Gasteiger partial charge is 0.376 e. The van der Waals surface area contributed by atoms with Crippen LogP contribution in [0.2, 0.25) is 0 Å². The maximum Gasteiger partial charge on any atom is 0.220 e. The van der Waals surface area contributed by atoms with Gasteiger partial charge < -0.3 is 20.7 Å². The van der Waals surface area contributed by atoms with Crippen LogP contribution in [0.25, 0.3) is 0 Å². The number of halogens is 1. The molecule has 6 nitrogen and oxygen atoms in total. The third-order valence-corrected chi connectivity index (χ3v) is 4.59. The van der Waals surface area contributed by atoms with E-state index in [1.54, 1.807) is 7.05 Å². The second-order valence-electron chi connectivity index (χ2n) is 6.86. The Kier molecular flexibility index (Phi) is 12.2. The average molecular weight is 466 g/mol. The molecule has 0 unspecified atom stereocenters. The topological polar surface area (TPSA) is 74.8 Å². The molecule has 3 N–H and O–H groups in total. The van der Waals surface area contributed by atoms with Crippen molar-refractivity contribution in [3.63, 3.8) is 0 Å². The van der Waals surface area contributed by atoms with Crippen LogP contribution < -0.4 is 16.0 Å². The van der Waals surface area contributed by atoms with Gasteiger partial charge in [0.05, 0.1) is 12.7 Å². The van der Waals surface area contributed by atoms with Gasteiger partial charge in [0.15, 0.2) is 5.96 Å². The van der Waals surface area contributed by atoms with Crippen LogP contribution in [0.15, 0.2) is 4.99 Å². The molecule has 0 aromatic rings. The van der Waals surface area contributed by atoms with E-state index in [1.165, 1.54) is 38.5 Å². The lowest BCUT2D eigenvalue weighted by Gasteiger charge is -2.16. The first kappa shape index (κ1) is 22.5. The van der Waals surface area contributed by atoms with Gasteiger partial charge in [-0.2, -0.15) is 0 Å². The summed E-state index contributed by atoms with van der Waals surface area (Å²) in [5, 5.41) is 9.52. The number of nitrogens with one attached hydrogen (secondary N) is 3. The van der Waals surface area contributed by atoms with Gasteiger partial charge in [-0.15, -0.1) is 24.0 Å². The van der Waals surface area contributed by atoms with Crippen molar-refractivity contribution in [2.45, 2.75) is 76.4 Å². The normalized spacial score (nSPS) is 18.8. The molecule has 0 atom stereocenters. The van der Waals surface area contributed by atoms with Gasteiger partial charge in [-0.25, -0.2) is 0 Å². The molecule has 2 saturated carbocycles. The zero-order valence-electron chi connectivity index (χ0n) is 15.5. The number of guanidine groups is 1. The van der Waals surface area contributed by atoms with Crippen LogP contribution >= 0.6 is 24.0 Å². The highest BCUT2D eigenvalue weighted by atomic mass is 127. The number of hydrogen-bond acceptors (Lipinski definition) is 3. The first-order chi connectivity index (χ1) is 11.8. The van der Waals surface area contributed by atoms with Gasteiger partial charge in [0.1, 0.15) is 0 Å². The fourth-order valence-corrected chi connectivity index (χ4v) is 3.01. The quantitative estimate of drug-likeness (QED) is 0.161. The first-order valence-electron chi connectivity index (χ1n) is 9.63. The molecule has 0 aliphatic heterocycles. The van der Waals surface area contributed by atoms with Crippen LogP contribution in [0, 0.1) is 0 Å². The van der Waals surface area contributed by atoms with Crippen LogP contribution in [0.1, 0.15) is 64.2 Å². The van der Waals surface area contributed by atoms with Gasteiger partial charge in [0.2, 0.25) is 5.91 Å². The Labute approximate surface area is 169 Å². The SMILES string of the molecule is CN=C(NCCCC(=O)NC1CC1)NCCOC1CCCCCC1.I. The number of rotatable bonds is 9. The summed E-state index contributed by atoms with van der Waals surface area (Å²) in [5.74, 6) is 0.945. The van der Waals surface area contributed by atoms with Crippen LogP contribution in [-0.4, -0.2) is 50.8 Å². The molecule has 146 valence electrons. The van der Waals surface area contributed by atoms with E-state index in [4.69, 9.17) is 4.74 Å². The molecular formula is C18H35IN4O2. The monoisotopic (exact) mass is 466 g/mol. The van der Waals surface area contributed by atoms with Crippen molar-refractivity contribution < 1.29 is 9.53 Å². The zero-order chi connectivity index (χ0) is 17.0. The van der Waals surface area contributed by atoms with Crippen LogP contribution in [0.3, 0.4) is 0 Å². The smallest absolute Gasteiger partial charge is 0.220 e. The summed E-state index contributed by atoms with van der Waals surface area (Å²) in [6.45, 7) is 2.23. The van der Waals surface area contributed by atoms with Crippen molar-refractivity contribution in [2.75, 3.05) is 26.7 Å². The van der Waals surface area contributed by atoms with Crippen LogP contribution in [0.5, 0.6) is 0 Å². The number of ether oxygens (including phenoxy) is 1. The van der Waals surface area contributed by atoms with E-state index in [0.29, 0.717) is 18.6 Å². The van der Waals surface area contributed by atoms with E-state index in [9.17, 15) is 4.79 Å². The minimum Gasteiger partial charge on any atom is -0.376 e. The first-order valence-corrected chi connectivity index (χ1v) is 9.63. The molecule has 25 heavy (non-hydrogen) atoms. The summed E-state index contributed by atoms with van der Waals surface area (Å²) < 4.78 is 5.96. The van der Waals surface area contributed by atoms with Gasteiger partial charge in [-0.1, -0.05) is 25.7 Å². The molecule has 7 heteroatoms. The Morgan fingerprint density at radius 2 is 1.72 bits per heavy atom. The maximum atomic E-state index is 11.6. The summed E-state index contributed by atoms with van der Waals surface area (Å²) in [6, 6.07) is 0.452. The highest BCUT2D eigenvalue weighted by Crippen LogP contribution is 2.19. The molecule has 0 bridgehead atoms. The second kappa shape index (κ2) is 13.6. The Morgan fingerprint density at radius 1 is 1.04 bits per heavy atom. The van der Waals surface area contributed by atoms with E-state index in [1.807, 2.05) is 0 Å². The summed E-state index contributed by atoms with van der Waals surface area (Å²) in [7, 11) is 1.77. The summed E-state index contributed by atoms with van der Waals surface area (Å²) in [4.78, 5) is 15.8. The third-order valence-electron chi connectivity index (χ3n) is 4.59. The fourth-order valence-electron chi connectivity index (χ4n) is 3.01.